The molecule has 2 heterocycles. The summed E-state index contributed by atoms with van der Waals surface area (Å²) in [6.07, 6.45) is 4.58. The average Bonchev–Trinajstić information content (AvgIpc) is 3.28. The van der Waals surface area contributed by atoms with Gasteiger partial charge in [0, 0.05) is 25.3 Å². The van der Waals surface area contributed by atoms with Gasteiger partial charge in [0.2, 0.25) is 0 Å². The topological polar surface area (TPSA) is 58.1 Å². The van der Waals surface area contributed by atoms with E-state index in [1.54, 1.807) is 12.1 Å². The number of hydrogen-bond donors (Lipinski definition) is 2. The molecule has 2 N–H and O–H groups in total. The smallest absolute Gasteiger partial charge is 0.191 e. The van der Waals surface area contributed by atoms with Gasteiger partial charge in [-0.15, -0.1) is 0 Å². The van der Waals surface area contributed by atoms with Gasteiger partial charge in [0.25, 0.3) is 0 Å². The highest BCUT2D eigenvalue weighted by atomic mass is 19.1. The van der Waals surface area contributed by atoms with Crippen molar-refractivity contribution in [3.8, 4) is 5.75 Å². The third-order valence-corrected chi connectivity index (χ3v) is 5.78. The molecule has 1 aromatic rings. The van der Waals surface area contributed by atoms with E-state index in [4.69, 9.17) is 14.5 Å². The van der Waals surface area contributed by atoms with E-state index in [0.29, 0.717) is 12.3 Å². The first-order chi connectivity index (χ1) is 14.1. The van der Waals surface area contributed by atoms with Crippen LogP contribution in [0.15, 0.2) is 29.3 Å². The number of halogens is 1. The molecule has 6 nitrogen and oxygen atoms in total. The van der Waals surface area contributed by atoms with Crippen molar-refractivity contribution in [3.05, 3.63) is 30.1 Å². The Labute approximate surface area is 173 Å². The number of likely N-dealkylation sites (tertiary alicyclic amines) is 1. The largest absolute Gasteiger partial charge is 0.489 e. The number of nitrogens with zero attached hydrogens (tertiary/aromatic N) is 2. The van der Waals surface area contributed by atoms with E-state index in [9.17, 15) is 4.39 Å². The molecule has 2 aliphatic rings. The number of ether oxygens (including phenoxy) is 2. The molecule has 2 aliphatic heterocycles. The van der Waals surface area contributed by atoms with Crippen LogP contribution < -0.4 is 15.4 Å². The van der Waals surface area contributed by atoms with E-state index in [-0.39, 0.29) is 17.5 Å². The predicted octanol–water partition coefficient (Wildman–Crippen LogP) is 2.79. The molecule has 1 aromatic carbocycles. The molecule has 0 aliphatic carbocycles. The van der Waals surface area contributed by atoms with Crippen LogP contribution in [0.1, 0.15) is 39.5 Å². The van der Waals surface area contributed by atoms with Crippen molar-refractivity contribution in [2.75, 3.05) is 45.9 Å². The maximum atomic E-state index is 13.0. The molecular formula is C22H35FN4O2. The van der Waals surface area contributed by atoms with Crippen LogP contribution in [-0.2, 0) is 4.74 Å². The van der Waals surface area contributed by atoms with Crippen LogP contribution in [0.5, 0.6) is 5.75 Å². The summed E-state index contributed by atoms with van der Waals surface area (Å²) in [5.74, 6) is 1.22. The van der Waals surface area contributed by atoms with Gasteiger partial charge in [0.15, 0.2) is 5.96 Å². The molecule has 1 unspecified atom stereocenters. The first kappa shape index (κ1) is 21.8. The van der Waals surface area contributed by atoms with Gasteiger partial charge < -0.3 is 20.1 Å². The fourth-order valence-electron chi connectivity index (χ4n) is 4.11. The highest BCUT2D eigenvalue weighted by molar-refractivity contribution is 5.79. The summed E-state index contributed by atoms with van der Waals surface area (Å²) < 4.78 is 24.5. The van der Waals surface area contributed by atoms with Crippen molar-refractivity contribution in [1.29, 1.82) is 0 Å². The zero-order valence-corrected chi connectivity index (χ0v) is 17.8. The second-order valence-corrected chi connectivity index (χ2v) is 7.99. The van der Waals surface area contributed by atoms with Gasteiger partial charge in [-0.05, 0) is 76.9 Å². The summed E-state index contributed by atoms with van der Waals surface area (Å²) >= 11 is 0. The van der Waals surface area contributed by atoms with Gasteiger partial charge in [0.05, 0.1) is 13.1 Å². The lowest BCUT2D eigenvalue weighted by Crippen LogP contribution is -2.54. The minimum Gasteiger partial charge on any atom is -0.489 e. The maximum Gasteiger partial charge on any atom is 0.191 e. The van der Waals surface area contributed by atoms with Gasteiger partial charge >= 0.3 is 0 Å². The molecule has 1 atom stereocenters. The quantitative estimate of drug-likeness (QED) is 0.514. The summed E-state index contributed by atoms with van der Waals surface area (Å²) in [7, 11) is 0. The fourth-order valence-corrected chi connectivity index (χ4v) is 4.11. The van der Waals surface area contributed by atoms with Gasteiger partial charge in [-0.2, -0.15) is 0 Å². The Hall–Kier alpha value is -1.86. The molecule has 0 amide bonds. The van der Waals surface area contributed by atoms with Crippen LogP contribution >= 0.6 is 0 Å². The van der Waals surface area contributed by atoms with Crippen molar-refractivity contribution in [3.63, 3.8) is 0 Å². The van der Waals surface area contributed by atoms with Crippen LogP contribution in [-0.4, -0.2) is 68.4 Å². The summed E-state index contributed by atoms with van der Waals surface area (Å²) in [6.45, 7) is 10.2. The highest BCUT2D eigenvalue weighted by Crippen LogP contribution is 2.31. The first-order valence-corrected chi connectivity index (χ1v) is 10.9. The molecular weight excluding hydrogens is 371 g/mol. The normalized spacial score (nSPS) is 21.0. The van der Waals surface area contributed by atoms with Crippen molar-refractivity contribution in [2.24, 2.45) is 4.99 Å². The molecule has 0 radical (unpaired) electrons. The minimum absolute atomic E-state index is 0.0695. The Kier molecular flexibility index (Phi) is 8.12. The molecule has 29 heavy (non-hydrogen) atoms. The lowest BCUT2D eigenvalue weighted by atomic mass is 9.88. The molecule has 162 valence electrons. The zero-order chi connectivity index (χ0) is 20.5. The van der Waals surface area contributed by atoms with E-state index < -0.39 is 0 Å². The summed E-state index contributed by atoms with van der Waals surface area (Å²) in [5, 5.41) is 6.73. The van der Waals surface area contributed by atoms with E-state index in [1.807, 2.05) is 6.92 Å². The lowest BCUT2D eigenvalue weighted by Gasteiger charge is -2.43. The Morgan fingerprint density at radius 1 is 1.21 bits per heavy atom. The van der Waals surface area contributed by atoms with E-state index in [1.165, 1.54) is 38.1 Å². The SMILES string of the molecule is CCNC(=NCC1(N2CCCC2)CCOCC1)NCC(C)Oc1ccc(F)cc1. The van der Waals surface area contributed by atoms with Crippen LogP contribution in [0.3, 0.4) is 0 Å². The third-order valence-electron chi connectivity index (χ3n) is 5.78. The second kappa shape index (κ2) is 10.8. The molecule has 7 heteroatoms. The van der Waals surface area contributed by atoms with Crippen LogP contribution in [0.2, 0.25) is 0 Å². The molecule has 0 spiro atoms. The Balaban J connectivity index is 1.57. The Bertz CT molecular complexity index is 641. The second-order valence-electron chi connectivity index (χ2n) is 7.99. The van der Waals surface area contributed by atoms with Crippen molar-refractivity contribution in [2.45, 2.75) is 51.2 Å². The molecule has 3 rings (SSSR count). The number of benzene rings is 1. The highest BCUT2D eigenvalue weighted by Gasteiger charge is 2.39. The van der Waals surface area contributed by atoms with Gasteiger partial charge in [-0.1, -0.05) is 0 Å². The number of hydrogen-bond acceptors (Lipinski definition) is 4. The third kappa shape index (κ3) is 6.31. The molecule has 2 fully saturated rings. The van der Waals surface area contributed by atoms with Crippen LogP contribution in [0.4, 0.5) is 4.39 Å². The maximum absolute atomic E-state index is 13.0. The molecule has 0 saturated carbocycles. The summed E-state index contributed by atoms with van der Waals surface area (Å²) in [5.41, 5.74) is 0.118. The number of nitrogens with one attached hydrogen (secondary N) is 2. The minimum atomic E-state index is -0.260. The van der Waals surface area contributed by atoms with E-state index in [2.05, 4.69) is 22.5 Å². The van der Waals surface area contributed by atoms with Gasteiger partial charge in [-0.25, -0.2) is 4.39 Å². The molecule has 0 aromatic heterocycles. The van der Waals surface area contributed by atoms with E-state index >= 15 is 0 Å². The summed E-state index contributed by atoms with van der Waals surface area (Å²) in [4.78, 5) is 7.56. The van der Waals surface area contributed by atoms with Crippen LogP contribution in [0, 0.1) is 5.82 Å². The first-order valence-electron chi connectivity index (χ1n) is 10.9. The number of guanidine groups is 1. The Morgan fingerprint density at radius 2 is 1.90 bits per heavy atom. The van der Waals surface area contributed by atoms with Crippen molar-refractivity contribution < 1.29 is 13.9 Å². The van der Waals surface area contributed by atoms with Gasteiger partial charge in [-0.3, -0.25) is 9.89 Å². The number of rotatable bonds is 8. The average molecular weight is 407 g/mol. The standard InChI is InChI=1S/C22H35FN4O2/c1-3-24-21(25-16-18(2)29-20-8-6-19(23)7-9-20)26-17-22(10-14-28-15-11-22)27-12-4-5-13-27/h6-9,18H,3-5,10-17H2,1-2H3,(H2,24,25,26). The van der Waals surface area contributed by atoms with Gasteiger partial charge in [0.1, 0.15) is 17.7 Å². The predicted molar refractivity (Wildman–Crippen MR) is 114 cm³/mol. The Morgan fingerprint density at radius 3 is 2.55 bits per heavy atom. The van der Waals surface area contributed by atoms with E-state index in [0.717, 1.165) is 45.1 Å². The summed E-state index contributed by atoms with van der Waals surface area (Å²) in [6, 6.07) is 6.12. The lowest BCUT2D eigenvalue weighted by molar-refractivity contribution is -0.0139. The van der Waals surface area contributed by atoms with Crippen molar-refractivity contribution >= 4 is 5.96 Å². The zero-order valence-electron chi connectivity index (χ0n) is 17.8. The molecule has 2 saturated heterocycles. The monoisotopic (exact) mass is 406 g/mol. The number of aliphatic imine (C=N–C) groups is 1. The van der Waals surface area contributed by atoms with Crippen molar-refractivity contribution in [1.82, 2.24) is 15.5 Å². The fraction of sp³-hybridized carbons (Fsp3) is 0.682. The van der Waals surface area contributed by atoms with Crippen LogP contribution in [0.25, 0.3) is 0 Å². The molecule has 0 bridgehead atoms.